The molecule has 0 unspecified atom stereocenters. The van der Waals surface area contributed by atoms with Crippen LogP contribution in [0, 0.1) is 5.92 Å². The molecule has 26 heavy (non-hydrogen) atoms. The largest absolute Gasteiger partial charge is 0.497 e. The molecule has 1 saturated heterocycles. The summed E-state index contributed by atoms with van der Waals surface area (Å²) in [5.74, 6) is 2.23. The van der Waals surface area contributed by atoms with E-state index in [0.29, 0.717) is 11.0 Å². The smallest absolute Gasteiger partial charge is 0.170 e. The Morgan fingerprint density at radius 3 is 2.62 bits per heavy atom. The summed E-state index contributed by atoms with van der Waals surface area (Å²) in [7, 11) is 3.35. The topological polar surface area (TPSA) is 45.8 Å². The fourth-order valence-electron chi connectivity index (χ4n) is 3.18. The number of rotatable bonds is 6. The van der Waals surface area contributed by atoms with E-state index in [2.05, 4.69) is 27.7 Å². The van der Waals surface area contributed by atoms with Gasteiger partial charge in [0.2, 0.25) is 0 Å². The van der Waals surface area contributed by atoms with Crippen LogP contribution >= 0.6 is 12.2 Å². The Morgan fingerprint density at radius 2 is 1.88 bits per heavy atom. The van der Waals surface area contributed by atoms with Gasteiger partial charge in [0, 0.05) is 25.3 Å². The lowest BCUT2D eigenvalue weighted by Crippen LogP contribution is -2.34. The van der Waals surface area contributed by atoms with Crippen molar-refractivity contribution in [3.63, 3.8) is 0 Å². The number of thiocarbonyl (C=S) groups is 1. The number of benzene rings is 2. The number of methoxy groups -OCH3 is 2. The number of anilines is 2. The lowest BCUT2D eigenvalue weighted by Gasteiger charge is -2.19. The number of para-hydroxylation sites is 2. The van der Waals surface area contributed by atoms with Crippen molar-refractivity contribution in [2.45, 2.75) is 6.42 Å². The van der Waals surface area contributed by atoms with Crippen molar-refractivity contribution in [3.05, 3.63) is 48.5 Å². The maximum Gasteiger partial charge on any atom is 0.170 e. The second-order valence-corrected chi connectivity index (χ2v) is 6.74. The van der Waals surface area contributed by atoms with Gasteiger partial charge in [-0.2, -0.15) is 0 Å². The summed E-state index contributed by atoms with van der Waals surface area (Å²) in [5, 5.41) is 7.16. The molecule has 6 heteroatoms. The van der Waals surface area contributed by atoms with Crippen molar-refractivity contribution in [3.8, 4) is 11.5 Å². The molecule has 1 heterocycles. The van der Waals surface area contributed by atoms with E-state index >= 15 is 0 Å². The van der Waals surface area contributed by atoms with Crippen molar-refractivity contribution < 1.29 is 9.47 Å². The number of ether oxygens (including phenoxy) is 2. The molecule has 0 amide bonds. The van der Waals surface area contributed by atoms with Crippen LogP contribution in [0.5, 0.6) is 11.5 Å². The van der Waals surface area contributed by atoms with Crippen LogP contribution in [0.25, 0.3) is 0 Å². The highest BCUT2D eigenvalue weighted by molar-refractivity contribution is 7.80. The fourth-order valence-corrected chi connectivity index (χ4v) is 3.37. The van der Waals surface area contributed by atoms with E-state index in [-0.39, 0.29) is 0 Å². The van der Waals surface area contributed by atoms with Gasteiger partial charge in [-0.1, -0.05) is 12.1 Å². The standard InChI is InChI=1S/C20H25N3O2S/c1-24-17-9-7-16(8-10-17)23-12-11-15(14-23)13-21-20(26)22-18-5-3-4-6-19(18)25-2/h3-10,15H,11-14H2,1-2H3,(H2,21,22,26)/t15-/m0/s1. The van der Waals surface area contributed by atoms with Gasteiger partial charge in [-0.3, -0.25) is 0 Å². The molecular weight excluding hydrogens is 346 g/mol. The quantitative estimate of drug-likeness (QED) is 0.758. The van der Waals surface area contributed by atoms with Crippen molar-refractivity contribution in [2.24, 2.45) is 5.92 Å². The molecule has 1 atom stereocenters. The summed E-state index contributed by atoms with van der Waals surface area (Å²) in [6.45, 7) is 2.94. The fraction of sp³-hybridized carbons (Fsp3) is 0.350. The van der Waals surface area contributed by atoms with Gasteiger partial charge in [0.1, 0.15) is 11.5 Å². The lowest BCUT2D eigenvalue weighted by molar-refractivity contribution is 0.415. The maximum atomic E-state index is 5.42. The van der Waals surface area contributed by atoms with E-state index in [1.54, 1.807) is 14.2 Å². The highest BCUT2D eigenvalue weighted by Crippen LogP contribution is 2.26. The summed E-state index contributed by atoms with van der Waals surface area (Å²) in [5.41, 5.74) is 2.11. The van der Waals surface area contributed by atoms with E-state index in [0.717, 1.165) is 43.2 Å². The first kappa shape index (κ1) is 18.3. The van der Waals surface area contributed by atoms with Crippen LogP contribution in [0.15, 0.2) is 48.5 Å². The Balaban J connectivity index is 1.47. The molecule has 1 aliphatic heterocycles. The van der Waals surface area contributed by atoms with E-state index < -0.39 is 0 Å². The average molecular weight is 372 g/mol. The minimum atomic E-state index is 0.564. The molecule has 1 fully saturated rings. The van der Waals surface area contributed by atoms with E-state index in [1.807, 2.05) is 36.4 Å². The number of nitrogens with zero attached hydrogens (tertiary/aromatic N) is 1. The average Bonchev–Trinajstić information content (AvgIpc) is 3.16. The molecule has 5 nitrogen and oxygen atoms in total. The van der Waals surface area contributed by atoms with Crippen molar-refractivity contribution in [1.29, 1.82) is 0 Å². The maximum absolute atomic E-state index is 5.42. The van der Waals surface area contributed by atoms with Crippen LogP contribution in [-0.4, -0.2) is 39.0 Å². The molecule has 3 rings (SSSR count). The molecule has 0 spiro atoms. The van der Waals surface area contributed by atoms with Gasteiger partial charge in [-0.15, -0.1) is 0 Å². The number of hydrogen-bond acceptors (Lipinski definition) is 4. The molecule has 1 aliphatic rings. The van der Waals surface area contributed by atoms with Crippen LogP contribution in [0.1, 0.15) is 6.42 Å². The van der Waals surface area contributed by atoms with Crippen LogP contribution in [0.2, 0.25) is 0 Å². The molecule has 0 bridgehead atoms. The van der Waals surface area contributed by atoms with Crippen LogP contribution < -0.4 is 25.0 Å². The zero-order chi connectivity index (χ0) is 18.4. The van der Waals surface area contributed by atoms with Gasteiger partial charge in [-0.05, 0) is 61.0 Å². The first-order valence-electron chi connectivity index (χ1n) is 8.76. The minimum absolute atomic E-state index is 0.564. The summed E-state index contributed by atoms with van der Waals surface area (Å²) in [6.07, 6.45) is 1.15. The monoisotopic (exact) mass is 371 g/mol. The van der Waals surface area contributed by atoms with E-state index in [9.17, 15) is 0 Å². The first-order valence-corrected chi connectivity index (χ1v) is 9.17. The SMILES string of the molecule is COc1ccc(N2CC[C@@H](CNC(=S)Nc3ccccc3OC)C2)cc1. The highest BCUT2D eigenvalue weighted by Gasteiger charge is 2.22. The van der Waals surface area contributed by atoms with Gasteiger partial charge in [-0.25, -0.2) is 0 Å². The molecule has 2 N–H and O–H groups in total. The summed E-state index contributed by atoms with van der Waals surface area (Å²) >= 11 is 5.42. The molecule has 2 aromatic rings. The van der Waals surface area contributed by atoms with Gasteiger partial charge >= 0.3 is 0 Å². The Labute approximate surface area is 160 Å². The van der Waals surface area contributed by atoms with E-state index in [1.165, 1.54) is 5.69 Å². The Hall–Kier alpha value is -2.47. The van der Waals surface area contributed by atoms with Gasteiger partial charge in [0.15, 0.2) is 5.11 Å². The second-order valence-electron chi connectivity index (χ2n) is 6.33. The summed E-state index contributed by atoms with van der Waals surface area (Å²) in [6, 6.07) is 16.0. The Kier molecular flexibility index (Phi) is 6.17. The third-order valence-electron chi connectivity index (χ3n) is 4.63. The van der Waals surface area contributed by atoms with Gasteiger partial charge in [0.05, 0.1) is 19.9 Å². The normalized spacial score (nSPS) is 16.2. The van der Waals surface area contributed by atoms with Gasteiger partial charge in [0.25, 0.3) is 0 Å². The lowest BCUT2D eigenvalue weighted by atomic mass is 10.1. The third kappa shape index (κ3) is 4.58. The van der Waals surface area contributed by atoms with Crippen LogP contribution in [0.3, 0.4) is 0 Å². The van der Waals surface area contributed by atoms with Crippen LogP contribution in [0.4, 0.5) is 11.4 Å². The molecule has 0 radical (unpaired) electrons. The van der Waals surface area contributed by atoms with Crippen LogP contribution in [-0.2, 0) is 0 Å². The van der Waals surface area contributed by atoms with Crippen molar-refractivity contribution in [2.75, 3.05) is 44.1 Å². The van der Waals surface area contributed by atoms with Crippen molar-refractivity contribution in [1.82, 2.24) is 5.32 Å². The van der Waals surface area contributed by atoms with Gasteiger partial charge < -0.3 is 25.0 Å². The number of hydrogen-bond donors (Lipinski definition) is 2. The predicted molar refractivity (Wildman–Crippen MR) is 111 cm³/mol. The van der Waals surface area contributed by atoms with Crippen molar-refractivity contribution >= 4 is 28.7 Å². The summed E-state index contributed by atoms with van der Waals surface area (Å²) < 4.78 is 10.6. The molecule has 0 aliphatic carbocycles. The summed E-state index contributed by atoms with van der Waals surface area (Å²) in [4.78, 5) is 2.41. The first-order chi connectivity index (χ1) is 12.7. The molecule has 2 aromatic carbocycles. The Morgan fingerprint density at radius 1 is 1.12 bits per heavy atom. The molecule has 138 valence electrons. The molecule has 0 saturated carbocycles. The molecular formula is C20H25N3O2S. The highest BCUT2D eigenvalue weighted by atomic mass is 32.1. The zero-order valence-corrected chi connectivity index (χ0v) is 16.0. The second kappa shape index (κ2) is 8.76. The zero-order valence-electron chi connectivity index (χ0n) is 15.2. The minimum Gasteiger partial charge on any atom is -0.497 e. The third-order valence-corrected chi connectivity index (χ3v) is 4.88. The number of nitrogens with one attached hydrogen (secondary N) is 2. The molecule has 0 aromatic heterocycles. The van der Waals surface area contributed by atoms with E-state index in [4.69, 9.17) is 21.7 Å². The Bertz CT molecular complexity index is 736. The predicted octanol–water partition coefficient (Wildman–Crippen LogP) is 3.52.